The summed E-state index contributed by atoms with van der Waals surface area (Å²) < 4.78 is 5.84. The Morgan fingerprint density at radius 3 is 2.18 bits per heavy atom. The molecule has 0 bridgehead atoms. The summed E-state index contributed by atoms with van der Waals surface area (Å²) in [6, 6.07) is 0. The summed E-state index contributed by atoms with van der Waals surface area (Å²) in [6.07, 6.45) is 5.68. The van der Waals surface area contributed by atoms with Crippen molar-refractivity contribution < 1.29 is 4.74 Å². The standard InChI is InChI=1S/C17H34N4O/c1-14-11-21(12-15(2)22-14)17(3,4)13-19-16(18)20-9-7-5-6-8-10-20/h14-15H,5-13H2,1-4H3,(H2,18,19). The zero-order valence-electron chi connectivity index (χ0n) is 14.8. The van der Waals surface area contributed by atoms with Crippen molar-refractivity contribution in [2.24, 2.45) is 10.7 Å². The van der Waals surface area contributed by atoms with E-state index in [2.05, 4.69) is 37.5 Å². The number of morpholine rings is 1. The summed E-state index contributed by atoms with van der Waals surface area (Å²) in [4.78, 5) is 9.47. The highest BCUT2D eigenvalue weighted by Gasteiger charge is 2.33. The summed E-state index contributed by atoms with van der Waals surface area (Å²) in [7, 11) is 0. The Labute approximate surface area is 135 Å². The molecule has 0 amide bonds. The van der Waals surface area contributed by atoms with Crippen LogP contribution in [0.1, 0.15) is 53.4 Å². The van der Waals surface area contributed by atoms with Crippen LogP contribution in [-0.4, -0.2) is 66.2 Å². The molecule has 2 rings (SSSR count). The fraction of sp³-hybridized carbons (Fsp3) is 0.941. The number of guanidine groups is 1. The van der Waals surface area contributed by atoms with E-state index in [9.17, 15) is 0 Å². The highest BCUT2D eigenvalue weighted by Crippen LogP contribution is 2.21. The van der Waals surface area contributed by atoms with Crippen molar-refractivity contribution in [3.8, 4) is 0 Å². The highest BCUT2D eigenvalue weighted by molar-refractivity contribution is 5.78. The second kappa shape index (κ2) is 7.64. The summed E-state index contributed by atoms with van der Waals surface area (Å²) in [5.41, 5.74) is 6.26. The zero-order valence-corrected chi connectivity index (χ0v) is 14.8. The van der Waals surface area contributed by atoms with Gasteiger partial charge in [-0.3, -0.25) is 9.89 Å². The Hall–Kier alpha value is -0.810. The van der Waals surface area contributed by atoms with Gasteiger partial charge in [-0.2, -0.15) is 0 Å². The van der Waals surface area contributed by atoms with Gasteiger partial charge < -0.3 is 15.4 Å². The van der Waals surface area contributed by atoms with Crippen LogP contribution in [-0.2, 0) is 4.74 Å². The van der Waals surface area contributed by atoms with Gasteiger partial charge >= 0.3 is 0 Å². The highest BCUT2D eigenvalue weighted by atomic mass is 16.5. The predicted octanol–water partition coefficient (Wildman–Crippen LogP) is 2.06. The SMILES string of the molecule is CC1CN(C(C)(C)CN=C(N)N2CCCCCC2)CC(C)O1. The van der Waals surface area contributed by atoms with Gasteiger partial charge in [0.15, 0.2) is 5.96 Å². The molecule has 0 aromatic rings. The molecule has 2 saturated heterocycles. The predicted molar refractivity (Wildman–Crippen MR) is 92.2 cm³/mol. The van der Waals surface area contributed by atoms with E-state index < -0.39 is 0 Å². The Balaban J connectivity index is 1.93. The first-order valence-corrected chi connectivity index (χ1v) is 8.84. The molecule has 0 aliphatic carbocycles. The van der Waals surface area contributed by atoms with E-state index in [-0.39, 0.29) is 17.7 Å². The van der Waals surface area contributed by atoms with E-state index in [0.717, 1.165) is 38.7 Å². The van der Waals surface area contributed by atoms with E-state index in [0.29, 0.717) is 0 Å². The first kappa shape index (κ1) is 17.5. The lowest BCUT2D eigenvalue weighted by molar-refractivity contribution is -0.0939. The normalized spacial score (nSPS) is 29.5. The Morgan fingerprint density at radius 2 is 1.64 bits per heavy atom. The van der Waals surface area contributed by atoms with E-state index in [1.54, 1.807) is 0 Å². The van der Waals surface area contributed by atoms with Gasteiger partial charge in [0.2, 0.25) is 0 Å². The molecule has 2 fully saturated rings. The smallest absolute Gasteiger partial charge is 0.191 e. The van der Waals surface area contributed by atoms with Gasteiger partial charge in [-0.25, -0.2) is 0 Å². The maximum atomic E-state index is 6.24. The molecule has 5 nitrogen and oxygen atoms in total. The monoisotopic (exact) mass is 310 g/mol. The molecular weight excluding hydrogens is 276 g/mol. The molecule has 2 heterocycles. The first-order chi connectivity index (χ1) is 10.4. The van der Waals surface area contributed by atoms with Crippen molar-refractivity contribution >= 4 is 5.96 Å². The van der Waals surface area contributed by atoms with Crippen LogP contribution >= 0.6 is 0 Å². The number of nitrogens with two attached hydrogens (primary N) is 1. The van der Waals surface area contributed by atoms with Crippen LogP contribution in [0.15, 0.2) is 4.99 Å². The van der Waals surface area contributed by atoms with E-state index in [1.807, 2.05) is 0 Å². The summed E-state index contributed by atoms with van der Waals surface area (Å²) >= 11 is 0. The molecule has 2 N–H and O–H groups in total. The molecule has 2 aliphatic rings. The number of aliphatic imine (C=N–C) groups is 1. The second-order valence-corrected chi connectivity index (χ2v) is 7.55. The van der Waals surface area contributed by atoms with Crippen molar-refractivity contribution in [2.75, 3.05) is 32.7 Å². The van der Waals surface area contributed by atoms with Crippen LogP contribution in [0.2, 0.25) is 0 Å². The Bertz CT molecular complexity index is 365. The minimum absolute atomic E-state index is 0.0166. The van der Waals surface area contributed by atoms with Gasteiger partial charge in [0, 0.05) is 31.7 Å². The quantitative estimate of drug-likeness (QED) is 0.640. The number of hydrogen-bond donors (Lipinski definition) is 1. The number of rotatable bonds is 3. The molecule has 0 radical (unpaired) electrons. The van der Waals surface area contributed by atoms with Crippen LogP contribution in [0, 0.1) is 0 Å². The van der Waals surface area contributed by atoms with Crippen LogP contribution in [0.3, 0.4) is 0 Å². The van der Waals surface area contributed by atoms with Crippen molar-refractivity contribution in [2.45, 2.75) is 71.1 Å². The second-order valence-electron chi connectivity index (χ2n) is 7.55. The van der Waals surface area contributed by atoms with Crippen molar-refractivity contribution in [3.05, 3.63) is 0 Å². The lowest BCUT2D eigenvalue weighted by atomic mass is 10.0. The molecule has 2 unspecified atom stereocenters. The van der Waals surface area contributed by atoms with Crippen LogP contribution in [0.4, 0.5) is 0 Å². The number of ether oxygens (including phenoxy) is 1. The molecule has 0 spiro atoms. The third kappa shape index (κ3) is 4.85. The maximum Gasteiger partial charge on any atom is 0.191 e. The Kier molecular flexibility index (Phi) is 6.09. The fourth-order valence-electron chi connectivity index (χ4n) is 3.45. The molecule has 5 heteroatoms. The third-order valence-corrected chi connectivity index (χ3v) is 4.83. The summed E-state index contributed by atoms with van der Waals surface area (Å²) in [5.74, 6) is 0.726. The van der Waals surface area contributed by atoms with Crippen molar-refractivity contribution in [1.29, 1.82) is 0 Å². The van der Waals surface area contributed by atoms with E-state index >= 15 is 0 Å². The zero-order chi connectivity index (χ0) is 16.2. The summed E-state index contributed by atoms with van der Waals surface area (Å²) in [5, 5.41) is 0. The van der Waals surface area contributed by atoms with E-state index in [4.69, 9.17) is 15.5 Å². The maximum absolute atomic E-state index is 6.24. The Morgan fingerprint density at radius 1 is 1.09 bits per heavy atom. The van der Waals surface area contributed by atoms with Gasteiger partial charge in [-0.05, 0) is 40.5 Å². The van der Waals surface area contributed by atoms with Gasteiger partial charge in [0.05, 0.1) is 18.8 Å². The topological polar surface area (TPSA) is 54.1 Å². The largest absolute Gasteiger partial charge is 0.373 e. The van der Waals surface area contributed by atoms with Crippen molar-refractivity contribution in [3.63, 3.8) is 0 Å². The minimum atomic E-state index is 0.0166. The van der Waals surface area contributed by atoms with Gasteiger partial charge in [0.25, 0.3) is 0 Å². The lowest BCUT2D eigenvalue weighted by Gasteiger charge is -2.44. The van der Waals surface area contributed by atoms with E-state index in [1.165, 1.54) is 25.7 Å². The van der Waals surface area contributed by atoms with Crippen molar-refractivity contribution in [1.82, 2.24) is 9.80 Å². The average molecular weight is 310 g/mol. The van der Waals surface area contributed by atoms with Gasteiger partial charge in [-0.15, -0.1) is 0 Å². The fourth-order valence-corrected chi connectivity index (χ4v) is 3.45. The lowest BCUT2D eigenvalue weighted by Crippen LogP contribution is -2.56. The molecule has 0 aromatic carbocycles. The number of nitrogens with zero attached hydrogens (tertiary/aromatic N) is 3. The molecule has 2 aliphatic heterocycles. The average Bonchev–Trinajstić information content (AvgIpc) is 2.73. The molecular formula is C17H34N4O. The van der Waals surface area contributed by atoms with Gasteiger partial charge in [0.1, 0.15) is 0 Å². The third-order valence-electron chi connectivity index (χ3n) is 4.83. The molecule has 0 aromatic heterocycles. The first-order valence-electron chi connectivity index (χ1n) is 8.84. The van der Waals surface area contributed by atoms with Crippen LogP contribution in [0.25, 0.3) is 0 Å². The molecule has 2 atom stereocenters. The molecule has 128 valence electrons. The summed E-state index contributed by atoms with van der Waals surface area (Å²) in [6.45, 7) is 13.6. The van der Waals surface area contributed by atoms with Gasteiger partial charge in [-0.1, -0.05) is 12.8 Å². The molecule has 0 saturated carbocycles. The van der Waals surface area contributed by atoms with Crippen LogP contribution in [0.5, 0.6) is 0 Å². The molecule has 22 heavy (non-hydrogen) atoms. The number of hydrogen-bond acceptors (Lipinski definition) is 3. The minimum Gasteiger partial charge on any atom is -0.373 e. The number of likely N-dealkylation sites (tertiary alicyclic amines) is 1. The van der Waals surface area contributed by atoms with Crippen LogP contribution < -0.4 is 5.73 Å².